The zero-order valence-corrected chi connectivity index (χ0v) is 9.23. The van der Waals surface area contributed by atoms with Gasteiger partial charge in [-0.3, -0.25) is 0 Å². The number of sulfonamides is 1. The van der Waals surface area contributed by atoms with Crippen LogP contribution in [0.4, 0.5) is 0 Å². The van der Waals surface area contributed by atoms with Crippen LogP contribution in [-0.4, -0.2) is 27.3 Å². The third-order valence-electron chi connectivity index (χ3n) is 1.67. The zero-order valence-electron chi connectivity index (χ0n) is 8.41. The summed E-state index contributed by atoms with van der Waals surface area (Å²) in [6, 6.07) is 0. The Bertz CT molecular complexity index is 212. The van der Waals surface area contributed by atoms with Crippen molar-refractivity contribution in [3.63, 3.8) is 0 Å². The van der Waals surface area contributed by atoms with Gasteiger partial charge in [0.05, 0.1) is 5.75 Å². The lowest BCUT2D eigenvalue weighted by Gasteiger charge is -2.07. The average molecular weight is 208 g/mol. The highest BCUT2D eigenvalue weighted by Crippen LogP contribution is 2.01. The highest BCUT2D eigenvalue weighted by atomic mass is 32.2. The monoisotopic (exact) mass is 208 g/mol. The molecule has 0 saturated carbocycles. The Hall–Kier alpha value is -0.130. The largest absolute Gasteiger partial charge is 0.330 e. The van der Waals surface area contributed by atoms with E-state index in [2.05, 4.69) is 4.72 Å². The van der Waals surface area contributed by atoms with Gasteiger partial charge in [-0.2, -0.15) is 0 Å². The molecule has 0 aliphatic heterocycles. The van der Waals surface area contributed by atoms with Crippen LogP contribution < -0.4 is 10.5 Å². The highest BCUT2D eigenvalue weighted by molar-refractivity contribution is 7.89. The van der Waals surface area contributed by atoms with Crippen LogP contribution in [0.3, 0.4) is 0 Å². The molecular formula is C8H20N2O2S. The Morgan fingerprint density at radius 2 is 2.00 bits per heavy atom. The predicted octanol–water partition coefficient (Wildman–Crippen LogP) is 0.301. The molecule has 0 aliphatic rings. The van der Waals surface area contributed by atoms with Crippen LogP contribution in [-0.2, 0) is 10.0 Å². The highest BCUT2D eigenvalue weighted by Gasteiger charge is 2.09. The van der Waals surface area contributed by atoms with Crippen molar-refractivity contribution in [2.24, 2.45) is 11.7 Å². The van der Waals surface area contributed by atoms with Gasteiger partial charge in [0.1, 0.15) is 0 Å². The van der Waals surface area contributed by atoms with Gasteiger partial charge < -0.3 is 5.73 Å². The Labute approximate surface area is 80.9 Å². The lowest BCUT2D eigenvalue weighted by molar-refractivity contribution is 0.560. The van der Waals surface area contributed by atoms with Crippen LogP contribution in [0.1, 0.15) is 26.7 Å². The third-order valence-corrected chi connectivity index (χ3v) is 3.08. The van der Waals surface area contributed by atoms with Crippen molar-refractivity contribution < 1.29 is 8.42 Å². The van der Waals surface area contributed by atoms with Gasteiger partial charge in [0.25, 0.3) is 0 Å². The van der Waals surface area contributed by atoms with Gasteiger partial charge in [-0.15, -0.1) is 0 Å². The fourth-order valence-electron chi connectivity index (χ4n) is 0.793. The summed E-state index contributed by atoms with van der Waals surface area (Å²) in [5, 5.41) is 0. The summed E-state index contributed by atoms with van der Waals surface area (Å²) >= 11 is 0. The first-order valence-electron chi connectivity index (χ1n) is 4.65. The first-order valence-corrected chi connectivity index (χ1v) is 6.30. The molecule has 0 aromatic heterocycles. The lowest BCUT2D eigenvalue weighted by Crippen LogP contribution is -2.29. The first kappa shape index (κ1) is 12.9. The van der Waals surface area contributed by atoms with Gasteiger partial charge in [0, 0.05) is 6.54 Å². The Morgan fingerprint density at radius 3 is 2.46 bits per heavy atom. The summed E-state index contributed by atoms with van der Waals surface area (Å²) in [6.07, 6.45) is 1.40. The molecule has 0 bridgehead atoms. The SMILES string of the molecule is CC(C)CCS(=O)(=O)NCCCN. The first-order chi connectivity index (χ1) is 5.98. The fourth-order valence-corrected chi connectivity index (χ4v) is 2.17. The molecule has 0 radical (unpaired) electrons. The molecule has 0 aromatic rings. The Morgan fingerprint density at radius 1 is 1.38 bits per heavy atom. The van der Waals surface area contributed by atoms with Gasteiger partial charge in [0.2, 0.25) is 10.0 Å². The molecule has 4 nitrogen and oxygen atoms in total. The molecule has 0 rings (SSSR count). The Balaban J connectivity index is 3.68. The molecule has 0 aliphatic carbocycles. The third kappa shape index (κ3) is 8.21. The summed E-state index contributed by atoms with van der Waals surface area (Å²) < 4.78 is 25.0. The maximum atomic E-state index is 11.3. The van der Waals surface area contributed by atoms with Crippen LogP contribution >= 0.6 is 0 Å². The molecule has 0 unspecified atom stereocenters. The summed E-state index contributed by atoms with van der Waals surface area (Å²) in [5.41, 5.74) is 5.25. The number of rotatable bonds is 7. The topological polar surface area (TPSA) is 72.2 Å². The van der Waals surface area contributed by atoms with Crippen molar-refractivity contribution >= 4 is 10.0 Å². The predicted molar refractivity (Wildman–Crippen MR) is 54.9 cm³/mol. The van der Waals surface area contributed by atoms with E-state index >= 15 is 0 Å². The maximum Gasteiger partial charge on any atom is 0.211 e. The summed E-state index contributed by atoms with van der Waals surface area (Å²) in [5.74, 6) is 0.640. The van der Waals surface area contributed by atoms with Gasteiger partial charge in [0.15, 0.2) is 0 Å². The van der Waals surface area contributed by atoms with Crippen LogP contribution in [0, 0.1) is 5.92 Å². The van der Waals surface area contributed by atoms with Crippen LogP contribution in [0.15, 0.2) is 0 Å². The normalized spacial score (nSPS) is 12.3. The van der Waals surface area contributed by atoms with E-state index in [9.17, 15) is 8.42 Å². The molecule has 0 aromatic carbocycles. The van der Waals surface area contributed by atoms with Crippen molar-refractivity contribution in [2.75, 3.05) is 18.8 Å². The summed E-state index contributed by atoms with van der Waals surface area (Å²) in [7, 11) is -3.05. The van der Waals surface area contributed by atoms with Gasteiger partial charge >= 0.3 is 0 Å². The van der Waals surface area contributed by atoms with Gasteiger partial charge in [-0.05, 0) is 25.3 Å². The van der Waals surface area contributed by atoms with Gasteiger partial charge in [-0.1, -0.05) is 13.8 Å². The van der Waals surface area contributed by atoms with Crippen LogP contribution in [0.5, 0.6) is 0 Å². The zero-order chi connectivity index (χ0) is 10.3. The lowest BCUT2D eigenvalue weighted by atomic mass is 10.2. The second kappa shape index (κ2) is 6.34. The minimum Gasteiger partial charge on any atom is -0.330 e. The number of nitrogens with two attached hydrogens (primary N) is 1. The molecule has 0 saturated heterocycles. The molecule has 13 heavy (non-hydrogen) atoms. The minimum atomic E-state index is -3.05. The van der Waals surface area contributed by atoms with Crippen molar-refractivity contribution in [1.82, 2.24) is 4.72 Å². The maximum absolute atomic E-state index is 11.3. The molecular weight excluding hydrogens is 188 g/mol. The number of nitrogens with one attached hydrogen (secondary N) is 1. The van der Waals surface area contributed by atoms with E-state index < -0.39 is 10.0 Å². The smallest absolute Gasteiger partial charge is 0.211 e. The van der Waals surface area contributed by atoms with Crippen LogP contribution in [0.2, 0.25) is 0 Å². The van der Waals surface area contributed by atoms with E-state index in [0.29, 0.717) is 31.8 Å². The van der Waals surface area contributed by atoms with E-state index in [1.54, 1.807) is 0 Å². The van der Waals surface area contributed by atoms with E-state index in [0.717, 1.165) is 0 Å². The summed E-state index contributed by atoms with van der Waals surface area (Å²) in [4.78, 5) is 0. The standard InChI is InChI=1S/C8H20N2O2S/c1-8(2)4-7-13(11,12)10-6-3-5-9/h8,10H,3-7,9H2,1-2H3. The molecule has 0 fully saturated rings. The summed E-state index contributed by atoms with van der Waals surface area (Å²) in [6.45, 7) is 4.99. The van der Waals surface area contributed by atoms with Crippen molar-refractivity contribution in [3.05, 3.63) is 0 Å². The molecule has 3 N–H and O–H groups in total. The van der Waals surface area contributed by atoms with Crippen molar-refractivity contribution in [2.45, 2.75) is 26.7 Å². The Kier molecular flexibility index (Phi) is 6.28. The van der Waals surface area contributed by atoms with E-state index in [1.165, 1.54) is 0 Å². The molecule has 5 heteroatoms. The second-order valence-corrected chi connectivity index (χ2v) is 5.46. The quantitative estimate of drug-likeness (QED) is 0.591. The van der Waals surface area contributed by atoms with Crippen molar-refractivity contribution in [1.29, 1.82) is 0 Å². The number of hydrogen-bond acceptors (Lipinski definition) is 3. The molecule has 0 atom stereocenters. The van der Waals surface area contributed by atoms with Crippen molar-refractivity contribution in [3.8, 4) is 0 Å². The number of hydrogen-bond donors (Lipinski definition) is 2. The molecule has 0 heterocycles. The minimum absolute atomic E-state index is 0.217. The van der Waals surface area contributed by atoms with E-state index in [-0.39, 0.29) is 5.75 Å². The van der Waals surface area contributed by atoms with E-state index in [1.807, 2.05) is 13.8 Å². The average Bonchev–Trinajstić information content (AvgIpc) is 2.02. The molecule has 80 valence electrons. The van der Waals surface area contributed by atoms with E-state index in [4.69, 9.17) is 5.73 Å². The van der Waals surface area contributed by atoms with Gasteiger partial charge in [-0.25, -0.2) is 13.1 Å². The fraction of sp³-hybridized carbons (Fsp3) is 1.00. The second-order valence-electron chi connectivity index (χ2n) is 3.54. The molecule has 0 amide bonds. The van der Waals surface area contributed by atoms with Crippen LogP contribution in [0.25, 0.3) is 0 Å². The molecule has 0 spiro atoms.